The van der Waals surface area contributed by atoms with Crippen LogP contribution in [0, 0.1) is 0 Å². The van der Waals surface area contributed by atoms with Gasteiger partial charge >= 0.3 is 29.2 Å². The van der Waals surface area contributed by atoms with Gasteiger partial charge in [-0.25, -0.2) is 27.3 Å². The van der Waals surface area contributed by atoms with Gasteiger partial charge in [-0.2, -0.15) is 13.6 Å². The van der Waals surface area contributed by atoms with Crippen LogP contribution in [0.5, 0.6) is 0 Å². The van der Waals surface area contributed by atoms with Crippen molar-refractivity contribution in [1.82, 2.24) is 9.55 Å². The van der Waals surface area contributed by atoms with Crippen molar-refractivity contribution in [2.24, 2.45) is 0 Å². The molecule has 5 atom stereocenters. The van der Waals surface area contributed by atoms with Crippen molar-refractivity contribution in [2.45, 2.75) is 24.7 Å². The van der Waals surface area contributed by atoms with Crippen molar-refractivity contribution in [3.8, 4) is 0 Å². The van der Waals surface area contributed by atoms with E-state index in [1.165, 1.54) is 0 Å². The summed E-state index contributed by atoms with van der Waals surface area (Å²) in [6.07, 6.45) is -3.75. The molecule has 1 fully saturated rings. The molecule has 20 heteroatoms. The maximum absolute atomic E-state index is 14.6. The number of nitrogen functional groups attached to an aromatic ring is 1. The van der Waals surface area contributed by atoms with Crippen LogP contribution in [-0.4, -0.2) is 47.8 Å². The molecule has 2 heterocycles. The van der Waals surface area contributed by atoms with Crippen molar-refractivity contribution < 1.29 is 59.9 Å². The summed E-state index contributed by atoms with van der Waals surface area (Å²) in [5.74, 6) is -3.57. The molecule has 1 aliphatic rings. The predicted octanol–water partition coefficient (Wildman–Crippen LogP) is 0.0916. The van der Waals surface area contributed by atoms with E-state index in [0.29, 0.717) is 4.57 Å². The third kappa shape index (κ3) is 6.70. The molecule has 2 rings (SSSR count). The Morgan fingerprint density at radius 3 is 2.45 bits per heavy atom. The lowest BCUT2D eigenvalue weighted by Gasteiger charge is -2.23. The van der Waals surface area contributed by atoms with Crippen LogP contribution in [0.1, 0.15) is 12.6 Å². The molecule has 0 bridgehead atoms. The molecule has 166 valence electrons. The number of rotatable bonds is 8. The van der Waals surface area contributed by atoms with Gasteiger partial charge in [-0.1, -0.05) is 0 Å². The second-order valence-electron chi connectivity index (χ2n) is 5.47. The number of nitrogens with zero attached hydrogens (tertiary/aromatic N) is 2. The van der Waals surface area contributed by atoms with Crippen LogP contribution >= 0.6 is 23.5 Å². The molecule has 0 aliphatic carbocycles. The zero-order valence-corrected chi connectivity index (χ0v) is 16.5. The number of hydrogen-bond acceptors (Lipinski definition) is 10. The van der Waals surface area contributed by atoms with Crippen LogP contribution in [-0.2, 0) is 31.6 Å². The topological polar surface area (TPSA) is 230 Å². The van der Waals surface area contributed by atoms with E-state index >= 15 is 0 Å². The van der Waals surface area contributed by atoms with Crippen LogP contribution in [0.25, 0.3) is 0 Å². The number of hydrogen-bond donors (Lipinski definition) is 5. The van der Waals surface area contributed by atoms with Crippen molar-refractivity contribution in [3.05, 3.63) is 22.7 Å². The predicted molar refractivity (Wildman–Crippen MR) is 86.2 cm³/mol. The zero-order valence-electron chi connectivity index (χ0n) is 13.8. The van der Waals surface area contributed by atoms with E-state index in [-0.39, 0.29) is 5.82 Å². The van der Waals surface area contributed by atoms with Crippen molar-refractivity contribution >= 4 is 29.3 Å². The summed E-state index contributed by atoms with van der Waals surface area (Å²) in [5.41, 5.74) is 4.28. The van der Waals surface area contributed by atoms with Crippen LogP contribution in [0.2, 0.25) is 0 Å². The number of anilines is 1. The fraction of sp³-hybridized carbons (Fsp3) is 0.556. The van der Waals surface area contributed by atoms with E-state index in [1.54, 1.807) is 0 Å². The Balaban J connectivity index is 2.07. The summed E-state index contributed by atoms with van der Waals surface area (Å²) in [5, 5.41) is 0. The maximum Gasteiger partial charge on any atom is 0.490 e. The minimum Gasteiger partial charge on any atom is -0.383 e. The first-order valence-electron chi connectivity index (χ1n) is 7.16. The van der Waals surface area contributed by atoms with Gasteiger partial charge in [0, 0.05) is 12.6 Å². The van der Waals surface area contributed by atoms with Crippen molar-refractivity contribution in [3.63, 3.8) is 0 Å². The lowest BCUT2D eigenvalue weighted by Crippen LogP contribution is -2.37. The smallest absolute Gasteiger partial charge is 0.383 e. The number of nitrogens with two attached hydrogens (primary N) is 1. The summed E-state index contributed by atoms with van der Waals surface area (Å²) in [4.78, 5) is 50.1. The zero-order chi connectivity index (χ0) is 22.3. The number of phosphoric ester groups is 1. The number of alkyl halides is 2. The Hall–Kier alpha value is -1.09. The summed E-state index contributed by atoms with van der Waals surface area (Å²) in [6.45, 7) is -1.68. The van der Waals surface area contributed by atoms with Gasteiger partial charge in [-0.3, -0.25) is 9.09 Å². The van der Waals surface area contributed by atoms with E-state index in [0.717, 1.165) is 12.3 Å². The van der Waals surface area contributed by atoms with E-state index in [9.17, 15) is 32.2 Å². The highest BCUT2D eigenvalue weighted by molar-refractivity contribution is 7.66. The standard InChI is InChI=1S/C9H14F2N3O12P3/c10-5-3-7(14-2-1-6(12)13-8(14)15)24-9(5,11)4-23-28(19,20)26-29(21,22)25-27(16,17)18/h1-2,5,7H,3-4H2,(H,19,20)(H,21,22)(H2,12,13,15)(H2,16,17,18)/t5-,7+,9+/m0/s1. The van der Waals surface area contributed by atoms with Gasteiger partial charge in [0.15, 0.2) is 6.17 Å². The van der Waals surface area contributed by atoms with Crippen molar-refractivity contribution in [1.29, 1.82) is 0 Å². The van der Waals surface area contributed by atoms with Crippen molar-refractivity contribution in [2.75, 3.05) is 12.3 Å². The van der Waals surface area contributed by atoms with Crippen LogP contribution < -0.4 is 11.4 Å². The summed E-state index contributed by atoms with van der Waals surface area (Å²) < 4.78 is 78.3. The molecule has 0 radical (unpaired) electrons. The maximum atomic E-state index is 14.6. The first-order valence-corrected chi connectivity index (χ1v) is 11.7. The molecule has 0 aromatic carbocycles. The fourth-order valence-electron chi connectivity index (χ4n) is 2.11. The highest BCUT2D eigenvalue weighted by atomic mass is 31.3. The monoisotopic (exact) mass is 487 g/mol. The van der Waals surface area contributed by atoms with Gasteiger partial charge in [-0.05, 0) is 6.07 Å². The van der Waals surface area contributed by atoms with Gasteiger partial charge in [0.2, 0.25) is 0 Å². The largest absolute Gasteiger partial charge is 0.490 e. The number of ether oxygens (including phenoxy) is 1. The van der Waals surface area contributed by atoms with Gasteiger partial charge in [0.1, 0.15) is 18.7 Å². The quantitative estimate of drug-likeness (QED) is 0.306. The Bertz CT molecular complexity index is 969. The number of phosphoric acid groups is 3. The molecule has 29 heavy (non-hydrogen) atoms. The summed E-state index contributed by atoms with van der Waals surface area (Å²) in [7, 11) is -17.1. The molecular weight excluding hydrogens is 473 g/mol. The summed E-state index contributed by atoms with van der Waals surface area (Å²) >= 11 is 0. The Morgan fingerprint density at radius 1 is 1.28 bits per heavy atom. The molecule has 1 saturated heterocycles. The van der Waals surface area contributed by atoms with Gasteiger partial charge in [0.05, 0.1) is 0 Å². The number of aromatic nitrogens is 2. The normalized spacial score (nSPS) is 29.3. The van der Waals surface area contributed by atoms with E-state index in [1.807, 2.05) is 0 Å². The van der Waals surface area contributed by atoms with Crippen LogP contribution in [0.15, 0.2) is 17.1 Å². The molecule has 6 N–H and O–H groups in total. The Labute approximate surface area is 159 Å². The molecule has 15 nitrogen and oxygen atoms in total. The van der Waals surface area contributed by atoms with Crippen LogP contribution in [0.4, 0.5) is 14.6 Å². The van der Waals surface area contributed by atoms with Gasteiger partial charge < -0.3 is 30.0 Å². The highest BCUT2D eigenvalue weighted by Crippen LogP contribution is 2.66. The highest BCUT2D eigenvalue weighted by Gasteiger charge is 2.53. The third-order valence-corrected chi connectivity index (χ3v) is 6.99. The Kier molecular flexibility index (Phi) is 6.85. The average molecular weight is 487 g/mol. The second-order valence-corrected chi connectivity index (χ2v) is 9.89. The van der Waals surface area contributed by atoms with Crippen LogP contribution in [0.3, 0.4) is 0 Å². The molecular formula is C9H14F2N3O12P3. The SMILES string of the molecule is Nc1ccn([C@H]2C[C@H](F)[C@@](F)(COP(=O)(O)OP(=O)(O)OP(=O)(O)O)O2)c(=O)n1. The molecule has 0 amide bonds. The molecule has 1 aromatic heterocycles. The first kappa shape index (κ1) is 24.2. The van der Waals surface area contributed by atoms with Gasteiger partial charge in [-0.15, -0.1) is 0 Å². The second kappa shape index (κ2) is 8.21. The fourth-order valence-corrected chi connectivity index (χ4v) is 5.15. The first-order chi connectivity index (χ1) is 13.0. The molecule has 1 aliphatic heterocycles. The van der Waals surface area contributed by atoms with E-state index < -0.39 is 60.4 Å². The molecule has 0 saturated carbocycles. The number of halogens is 2. The molecule has 2 unspecified atom stereocenters. The van der Waals surface area contributed by atoms with E-state index in [2.05, 4.69) is 18.1 Å². The lowest BCUT2D eigenvalue weighted by atomic mass is 10.2. The van der Waals surface area contributed by atoms with E-state index in [4.69, 9.17) is 25.2 Å². The molecule has 0 spiro atoms. The molecule has 1 aromatic rings. The summed E-state index contributed by atoms with van der Waals surface area (Å²) in [6, 6.07) is 1.14. The third-order valence-electron chi connectivity index (χ3n) is 3.21. The average Bonchev–Trinajstić information content (AvgIpc) is 2.77. The lowest BCUT2D eigenvalue weighted by molar-refractivity contribution is -0.193. The minimum atomic E-state index is -5.83. The minimum absolute atomic E-state index is 0.166. The van der Waals surface area contributed by atoms with Gasteiger partial charge in [0.25, 0.3) is 5.85 Å². The Morgan fingerprint density at radius 2 is 1.90 bits per heavy atom.